The third-order valence-corrected chi connectivity index (χ3v) is 3.55. The van der Waals surface area contributed by atoms with E-state index in [1.807, 2.05) is 6.07 Å². The Bertz CT molecular complexity index is 448. The number of benzene rings is 1. The molecule has 2 rings (SSSR count). The SMILES string of the molecule is CCCNCc1cccc(F)c1N1CCOC(C)(C)C1. The van der Waals surface area contributed by atoms with Gasteiger partial charge in [-0.2, -0.15) is 0 Å². The Balaban J connectivity index is 2.20. The van der Waals surface area contributed by atoms with Crippen molar-refractivity contribution in [2.24, 2.45) is 0 Å². The van der Waals surface area contributed by atoms with Crippen LogP contribution < -0.4 is 10.2 Å². The number of nitrogens with zero attached hydrogens (tertiary/aromatic N) is 1. The van der Waals surface area contributed by atoms with Crippen LogP contribution >= 0.6 is 0 Å². The van der Waals surface area contributed by atoms with E-state index in [-0.39, 0.29) is 11.4 Å². The quantitative estimate of drug-likeness (QED) is 0.839. The highest BCUT2D eigenvalue weighted by Gasteiger charge is 2.29. The Hall–Kier alpha value is -1.13. The van der Waals surface area contributed by atoms with Crippen LogP contribution in [0.5, 0.6) is 0 Å². The van der Waals surface area contributed by atoms with Gasteiger partial charge in [0, 0.05) is 19.6 Å². The van der Waals surface area contributed by atoms with Crippen LogP contribution in [-0.4, -0.2) is 31.8 Å². The van der Waals surface area contributed by atoms with Crippen molar-refractivity contribution in [2.75, 3.05) is 31.1 Å². The summed E-state index contributed by atoms with van der Waals surface area (Å²) in [6.45, 7) is 9.99. The molecule has 0 atom stereocenters. The number of ether oxygens (including phenoxy) is 1. The minimum Gasteiger partial charge on any atom is -0.372 e. The fourth-order valence-electron chi connectivity index (χ4n) is 2.66. The highest BCUT2D eigenvalue weighted by molar-refractivity contribution is 5.55. The van der Waals surface area contributed by atoms with Crippen molar-refractivity contribution in [3.63, 3.8) is 0 Å². The van der Waals surface area contributed by atoms with Gasteiger partial charge in [-0.1, -0.05) is 19.1 Å². The molecule has 0 aromatic heterocycles. The van der Waals surface area contributed by atoms with E-state index in [4.69, 9.17) is 4.74 Å². The molecule has 4 heteroatoms. The van der Waals surface area contributed by atoms with Gasteiger partial charge in [0.2, 0.25) is 0 Å². The minimum absolute atomic E-state index is 0.140. The van der Waals surface area contributed by atoms with Crippen LogP contribution in [0, 0.1) is 5.82 Å². The van der Waals surface area contributed by atoms with Gasteiger partial charge < -0.3 is 15.0 Å². The summed E-state index contributed by atoms with van der Waals surface area (Å²) in [5.41, 5.74) is 1.53. The summed E-state index contributed by atoms with van der Waals surface area (Å²) in [4.78, 5) is 2.11. The van der Waals surface area contributed by atoms with Gasteiger partial charge in [0.05, 0.1) is 17.9 Å². The van der Waals surface area contributed by atoms with E-state index in [2.05, 4.69) is 31.0 Å². The fraction of sp³-hybridized carbons (Fsp3) is 0.625. The average molecular weight is 280 g/mol. The molecule has 1 saturated heterocycles. The molecule has 1 aliphatic heterocycles. The zero-order valence-electron chi connectivity index (χ0n) is 12.7. The summed E-state index contributed by atoms with van der Waals surface area (Å²) < 4.78 is 20.0. The van der Waals surface area contributed by atoms with Crippen molar-refractivity contribution in [2.45, 2.75) is 39.3 Å². The standard InChI is InChI=1S/C16H25FN2O/c1-4-8-18-11-13-6-5-7-14(17)15(13)19-9-10-20-16(2,3)12-19/h5-7,18H,4,8-12H2,1-3H3. The number of anilines is 1. The molecular formula is C16H25FN2O. The van der Waals surface area contributed by atoms with Crippen LogP contribution in [0.25, 0.3) is 0 Å². The lowest BCUT2D eigenvalue weighted by atomic mass is 10.0. The van der Waals surface area contributed by atoms with Crippen molar-refractivity contribution in [3.05, 3.63) is 29.6 Å². The van der Waals surface area contributed by atoms with Crippen LogP contribution in [0.2, 0.25) is 0 Å². The third kappa shape index (κ3) is 3.70. The van der Waals surface area contributed by atoms with Gasteiger partial charge >= 0.3 is 0 Å². The first kappa shape index (κ1) is 15.3. The van der Waals surface area contributed by atoms with Crippen LogP contribution in [0.3, 0.4) is 0 Å². The van der Waals surface area contributed by atoms with E-state index < -0.39 is 0 Å². The van der Waals surface area contributed by atoms with Gasteiger partial charge in [-0.15, -0.1) is 0 Å². The van der Waals surface area contributed by atoms with E-state index in [0.29, 0.717) is 19.7 Å². The summed E-state index contributed by atoms with van der Waals surface area (Å²) in [5.74, 6) is -0.140. The van der Waals surface area contributed by atoms with Crippen molar-refractivity contribution in [1.29, 1.82) is 0 Å². The largest absolute Gasteiger partial charge is 0.372 e. The van der Waals surface area contributed by atoms with Gasteiger partial charge in [-0.05, 0) is 38.4 Å². The molecule has 1 fully saturated rings. The van der Waals surface area contributed by atoms with E-state index in [9.17, 15) is 4.39 Å². The maximum Gasteiger partial charge on any atom is 0.146 e. The van der Waals surface area contributed by atoms with Crippen LogP contribution in [0.15, 0.2) is 18.2 Å². The average Bonchev–Trinajstić information content (AvgIpc) is 2.38. The molecule has 20 heavy (non-hydrogen) atoms. The molecule has 1 N–H and O–H groups in total. The zero-order chi connectivity index (χ0) is 14.6. The zero-order valence-corrected chi connectivity index (χ0v) is 12.7. The number of para-hydroxylation sites is 1. The van der Waals surface area contributed by atoms with Crippen molar-refractivity contribution in [1.82, 2.24) is 5.32 Å². The first-order valence-electron chi connectivity index (χ1n) is 7.40. The van der Waals surface area contributed by atoms with E-state index in [1.54, 1.807) is 12.1 Å². The lowest BCUT2D eigenvalue weighted by Crippen LogP contribution is -2.49. The Kier molecular flexibility index (Phi) is 5.00. The first-order chi connectivity index (χ1) is 9.53. The summed E-state index contributed by atoms with van der Waals surface area (Å²) in [7, 11) is 0. The molecule has 0 aliphatic carbocycles. The summed E-state index contributed by atoms with van der Waals surface area (Å²) in [5, 5.41) is 3.35. The van der Waals surface area contributed by atoms with E-state index in [1.165, 1.54) is 0 Å². The van der Waals surface area contributed by atoms with Gasteiger partial charge in [-0.3, -0.25) is 0 Å². The molecule has 3 nitrogen and oxygen atoms in total. The minimum atomic E-state index is -0.228. The fourth-order valence-corrected chi connectivity index (χ4v) is 2.66. The van der Waals surface area contributed by atoms with Crippen LogP contribution in [0.4, 0.5) is 10.1 Å². The molecule has 0 bridgehead atoms. The van der Waals surface area contributed by atoms with Gasteiger partial charge in [0.25, 0.3) is 0 Å². The number of rotatable bonds is 5. The van der Waals surface area contributed by atoms with Crippen molar-refractivity contribution >= 4 is 5.69 Å². The number of hydrogen-bond donors (Lipinski definition) is 1. The molecule has 0 radical (unpaired) electrons. The molecule has 1 aromatic rings. The number of hydrogen-bond acceptors (Lipinski definition) is 3. The Morgan fingerprint density at radius 2 is 2.20 bits per heavy atom. The number of halogens is 1. The molecule has 0 unspecified atom stereocenters. The predicted molar refractivity (Wildman–Crippen MR) is 80.6 cm³/mol. The summed E-state index contributed by atoms with van der Waals surface area (Å²) in [6, 6.07) is 5.33. The van der Waals surface area contributed by atoms with E-state index in [0.717, 1.165) is 30.8 Å². The highest BCUT2D eigenvalue weighted by atomic mass is 19.1. The summed E-state index contributed by atoms with van der Waals surface area (Å²) >= 11 is 0. The molecule has 112 valence electrons. The lowest BCUT2D eigenvalue weighted by molar-refractivity contribution is -0.0278. The lowest BCUT2D eigenvalue weighted by Gasteiger charge is -2.40. The normalized spacial score (nSPS) is 18.3. The van der Waals surface area contributed by atoms with Crippen molar-refractivity contribution in [3.8, 4) is 0 Å². The Morgan fingerprint density at radius 3 is 2.90 bits per heavy atom. The van der Waals surface area contributed by atoms with E-state index >= 15 is 0 Å². The third-order valence-electron chi connectivity index (χ3n) is 3.55. The smallest absolute Gasteiger partial charge is 0.146 e. The maximum absolute atomic E-state index is 14.3. The molecule has 1 aliphatic rings. The monoisotopic (exact) mass is 280 g/mol. The van der Waals surface area contributed by atoms with Gasteiger partial charge in [0.15, 0.2) is 0 Å². The molecule has 1 aromatic carbocycles. The Labute approximate surface area is 121 Å². The molecule has 0 saturated carbocycles. The summed E-state index contributed by atoms with van der Waals surface area (Å²) in [6.07, 6.45) is 1.08. The molecule has 0 amide bonds. The molecule has 0 spiro atoms. The van der Waals surface area contributed by atoms with Crippen LogP contribution in [-0.2, 0) is 11.3 Å². The van der Waals surface area contributed by atoms with Gasteiger partial charge in [-0.25, -0.2) is 4.39 Å². The first-order valence-corrected chi connectivity index (χ1v) is 7.40. The Morgan fingerprint density at radius 1 is 1.40 bits per heavy atom. The van der Waals surface area contributed by atoms with Gasteiger partial charge in [0.1, 0.15) is 5.82 Å². The second-order valence-corrected chi connectivity index (χ2v) is 5.95. The second-order valence-electron chi connectivity index (χ2n) is 5.95. The maximum atomic E-state index is 14.3. The predicted octanol–water partition coefficient (Wildman–Crippen LogP) is 2.94. The van der Waals surface area contributed by atoms with Crippen LogP contribution in [0.1, 0.15) is 32.8 Å². The topological polar surface area (TPSA) is 24.5 Å². The van der Waals surface area contributed by atoms with Crippen molar-refractivity contribution < 1.29 is 9.13 Å². The number of morpholine rings is 1. The molecule has 1 heterocycles. The second kappa shape index (κ2) is 6.55. The molecular weight excluding hydrogens is 255 g/mol. The highest BCUT2D eigenvalue weighted by Crippen LogP contribution is 2.29. The number of nitrogens with one attached hydrogen (secondary N) is 1.